The molecule has 1 aliphatic rings. The minimum Gasteiger partial charge on any atom is -0.382 e. The molecule has 1 fully saturated rings. The summed E-state index contributed by atoms with van der Waals surface area (Å²) < 4.78 is 30.2. The molecular formula is C28H32O6. The van der Waals surface area contributed by atoms with Crippen LogP contribution in [0.2, 0.25) is 0 Å². The molecule has 0 bridgehead atoms. The first-order valence-electron chi connectivity index (χ1n) is 11.5. The Bertz CT molecular complexity index is 952. The fourth-order valence-corrected chi connectivity index (χ4v) is 4.06. The van der Waals surface area contributed by atoms with Crippen LogP contribution in [0.25, 0.3) is 0 Å². The van der Waals surface area contributed by atoms with Crippen LogP contribution in [-0.4, -0.2) is 49.5 Å². The maximum atomic E-state index is 10.9. The van der Waals surface area contributed by atoms with Crippen molar-refractivity contribution in [3.8, 4) is 0 Å². The summed E-state index contributed by atoms with van der Waals surface area (Å²) >= 11 is 0. The highest BCUT2D eigenvalue weighted by molar-refractivity contribution is 5.15. The maximum absolute atomic E-state index is 10.9. The quantitative estimate of drug-likeness (QED) is 0.461. The van der Waals surface area contributed by atoms with E-state index in [1.807, 2.05) is 91.0 Å². The van der Waals surface area contributed by atoms with E-state index in [-0.39, 0.29) is 6.61 Å². The fourth-order valence-electron chi connectivity index (χ4n) is 4.06. The SMILES string of the molecule is COCC1O[C@H](O)C(OCc2ccccc2)[C@@H](OCc2ccccc2)[C@@H]1OCc1ccccc1. The van der Waals surface area contributed by atoms with E-state index in [1.54, 1.807) is 7.11 Å². The van der Waals surface area contributed by atoms with Gasteiger partial charge in [-0.25, -0.2) is 0 Å². The van der Waals surface area contributed by atoms with E-state index in [0.29, 0.717) is 19.8 Å². The monoisotopic (exact) mass is 464 g/mol. The molecule has 1 aliphatic heterocycles. The molecule has 2 unspecified atom stereocenters. The summed E-state index contributed by atoms with van der Waals surface area (Å²) in [6, 6.07) is 29.7. The van der Waals surface area contributed by atoms with Crippen LogP contribution < -0.4 is 0 Å². The van der Waals surface area contributed by atoms with Crippen molar-refractivity contribution in [3.63, 3.8) is 0 Å². The molecule has 1 saturated heterocycles. The van der Waals surface area contributed by atoms with Gasteiger partial charge in [0.05, 0.1) is 26.4 Å². The van der Waals surface area contributed by atoms with Crippen LogP contribution in [0.3, 0.4) is 0 Å². The molecule has 1 N–H and O–H groups in total. The van der Waals surface area contributed by atoms with Crippen LogP contribution in [0.15, 0.2) is 91.0 Å². The van der Waals surface area contributed by atoms with Gasteiger partial charge in [0.25, 0.3) is 0 Å². The summed E-state index contributed by atoms with van der Waals surface area (Å²) in [4.78, 5) is 0. The van der Waals surface area contributed by atoms with Crippen LogP contribution in [0, 0.1) is 0 Å². The molecule has 0 saturated carbocycles. The molecule has 5 atom stereocenters. The van der Waals surface area contributed by atoms with Gasteiger partial charge in [0.1, 0.15) is 24.4 Å². The number of methoxy groups -OCH3 is 1. The van der Waals surface area contributed by atoms with Gasteiger partial charge in [-0.3, -0.25) is 0 Å². The number of benzene rings is 3. The van der Waals surface area contributed by atoms with Gasteiger partial charge in [0.2, 0.25) is 0 Å². The molecule has 0 aliphatic carbocycles. The number of aliphatic hydroxyl groups is 1. The predicted octanol–water partition coefficient (Wildman–Crippen LogP) is 4.11. The molecule has 34 heavy (non-hydrogen) atoms. The normalized spacial score (nSPS) is 24.7. The second-order valence-corrected chi connectivity index (χ2v) is 8.30. The van der Waals surface area contributed by atoms with Crippen LogP contribution in [0.1, 0.15) is 16.7 Å². The Hall–Kier alpha value is -2.58. The van der Waals surface area contributed by atoms with E-state index in [2.05, 4.69) is 0 Å². The number of hydrogen-bond donors (Lipinski definition) is 1. The van der Waals surface area contributed by atoms with Crippen molar-refractivity contribution in [2.75, 3.05) is 13.7 Å². The lowest BCUT2D eigenvalue weighted by molar-refractivity contribution is -0.316. The van der Waals surface area contributed by atoms with Gasteiger partial charge in [-0.1, -0.05) is 91.0 Å². The molecule has 0 amide bonds. The van der Waals surface area contributed by atoms with Crippen molar-refractivity contribution < 1.29 is 28.8 Å². The van der Waals surface area contributed by atoms with E-state index >= 15 is 0 Å². The topological polar surface area (TPSA) is 66.4 Å². The molecule has 3 aromatic rings. The molecule has 4 rings (SSSR count). The largest absolute Gasteiger partial charge is 0.382 e. The summed E-state index contributed by atoms with van der Waals surface area (Å²) in [6.07, 6.45) is -3.51. The zero-order chi connectivity index (χ0) is 23.6. The number of hydrogen-bond acceptors (Lipinski definition) is 6. The second kappa shape index (κ2) is 12.8. The van der Waals surface area contributed by atoms with Gasteiger partial charge < -0.3 is 28.8 Å². The minimum atomic E-state index is -1.18. The second-order valence-electron chi connectivity index (χ2n) is 8.30. The Morgan fingerprint density at radius 2 is 1.03 bits per heavy atom. The lowest BCUT2D eigenvalue weighted by Crippen LogP contribution is -2.61. The Labute approximate surface area is 201 Å². The van der Waals surface area contributed by atoms with Gasteiger partial charge in [0, 0.05) is 7.11 Å². The molecule has 1 heterocycles. The molecule has 0 aromatic heterocycles. The first-order chi connectivity index (χ1) is 16.7. The van der Waals surface area contributed by atoms with E-state index in [1.165, 1.54) is 0 Å². The molecule has 0 radical (unpaired) electrons. The Kier molecular flexibility index (Phi) is 9.21. The zero-order valence-electron chi connectivity index (χ0n) is 19.4. The molecule has 6 nitrogen and oxygen atoms in total. The van der Waals surface area contributed by atoms with E-state index in [9.17, 15) is 5.11 Å². The molecule has 6 heteroatoms. The van der Waals surface area contributed by atoms with Crippen LogP contribution in [-0.2, 0) is 43.5 Å². The van der Waals surface area contributed by atoms with E-state index < -0.39 is 30.7 Å². The van der Waals surface area contributed by atoms with Crippen molar-refractivity contribution in [1.29, 1.82) is 0 Å². The van der Waals surface area contributed by atoms with Gasteiger partial charge >= 0.3 is 0 Å². The highest BCUT2D eigenvalue weighted by Crippen LogP contribution is 2.29. The average molecular weight is 465 g/mol. The Balaban J connectivity index is 1.55. The smallest absolute Gasteiger partial charge is 0.184 e. The highest BCUT2D eigenvalue weighted by Gasteiger charge is 2.47. The molecule has 3 aromatic carbocycles. The van der Waals surface area contributed by atoms with Crippen molar-refractivity contribution >= 4 is 0 Å². The maximum Gasteiger partial charge on any atom is 0.184 e. The number of rotatable bonds is 11. The van der Waals surface area contributed by atoms with Crippen molar-refractivity contribution in [1.82, 2.24) is 0 Å². The zero-order valence-corrected chi connectivity index (χ0v) is 19.4. The van der Waals surface area contributed by atoms with E-state index in [0.717, 1.165) is 16.7 Å². The summed E-state index contributed by atoms with van der Waals surface area (Å²) in [5.74, 6) is 0. The van der Waals surface area contributed by atoms with Crippen LogP contribution in [0.4, 0.5) is 0 Å². The molecule has 0 spiro atoms. The predicted molar refractivity (Wildman–Crippen MR) is 128 cm³/mol. The summed E-state index contributed by atoms with van der Waals surface area (Å²) in [5, 5.41) is 10.9. The Morgan fingerprint density at radius 1 is 0.618 bits per heavy atom. The highest BCUT2D eigenvalue weighted by atomic mass is 16.7. The fraction of sp³-hybridized carbons (Fsp3) is 0.357. The van der Waals surface area contributed by atoms with E-state index in [4.69, 9.17) is 23.7 Å². The summed E-state index contributed by atoms with van der Waals surface area (Å²) in [7, 11) is 1.60. The summed E-state index contributed by atoms with van der Waals surface area (Å²) in [6.45, 7) is 1.31. The third kappa shape index (κ3) is 6.73. The lowest BCUT2D eigenvalue weighted by Gasteiger charge is -2.44. The summed E-state index contributed by atoms with van der Waals surface area (Å²) in [5.41, 5.74) is 3.06. The third-order valence-electron chi connectivity index (χ3n) is 5.80. The van der Waals surface area contributed by atoms with Crippen LogP contribution >= 0.6 is 0 Å². The average Bonchev–Trinajstić information content (AvgIpc) is 2.88. The van der Waals surface area contributed by atoms with Crippen molar-refractivity contribution in [3.05, 3.63) is 108 Å². The van der Waals surface area contributed by atoms with Gasteiger partial charge in [-0.05, 0) is 16.7 Å². The van der Waals surface area contributed by atoms with Crippen molar-refractivity contribution in [2.24, 2.45) is 0 Å². The third-order valence-corrected chi connectivity index (χ3v) is 5.80. The van der Waals surface area contributed by atoms with Gasteiger partial charge in [-0.2, -0.15) is 0 Å². The molecular weight excluding hydrogens is 432 g/mol. The number of aliphatic hydroxyl groups excluding tert-OH is 1. The van der Waals surface area contributed by atoms with Gasteiger partial charge in [-0.15, -0.1) is 0 Å². The van der Waals surface area contributed by atoms with Crippen molar-refractivity contribution in [2.45, 2.75) is 50.5 Å². The molecule has 180 valence electrons. The van der Waals surface area contributed by atoms with Gasteiger partial charge in [0.15, 0.2) is 6.29 Å². The lowest BCUT2D eigenvalue weighted by atomic mass is 9.98. The Morgan fingerprint density at radius 3 is 1.47 bits per heavy atom. The minimum absolute atomic E-state index is 0.257. The first kappa shape index (κ1) is 24.5. The van der Waals surface area contributed by atoms with Crippen LogP contribution in [0.5, 0.6) is 0 Å². The number of ether oxygens (including phenoxy) is 5. The first-order valence-corrected chi connectivity index (χ1v) is 11.5. The standard InChI is InChI=1S/C28H32O6/c1-30-20-24-25(31-17-21-11-5-2-6-12-21)26(32-18-22-13-7-3-8-14-22)27(28(29)34-24)33-19-23-15-9-4-10-16-23/h2-16,24-29H,17-20H2,1H3/t24?,25-,26+,27?,28+/m1/s1.